The van der Waals surface area contributed by atoms with Crippen LogP contribution in [0.15, 0.2) is 46.6 Å². The number of H-pyrrole nitrogens is 1. The number of aromatic nitrogens is 2. The highest BCUT2D eigenvalue weighted by Crippen LogP contribution is 2.12. The summed E-state index contributed by atoms with van der Waals surface area (Å²) in [6, 6.07) is 11.0. The topological polar surface area (TPSA) is 74.8 Å². The van der Waals surface area contributed by atoms with Gasteiger partial charge in [-0.2, -0.15) is 5.10 Å². The molecule has 0 fully saturated rings. The van der Waals surface area contributed by atoms with E-state index in [1.165, 1.54) is 4.88 Å². The molecule has 21 heavy (non-hydrogen) atoms. The number of carbonyl (C=O) groups excluding carboxylic acids is 1. The van der Waals surface area contributed by atoms with Crippen LogP contribution in [-0.4, -0.2) is 22.6 Å². The predicted octanol–water partition coefficient (Wildman–Crippen LogP) is 1.96. The summed E-state index contributed by atoms with van der Waals surface area (Å²) in [5.41, 5.74) is -0.0443. The second-order valence-corrected chi connectivity index (χ2v) is 5.56. The third kappa shape index (κ3) is 2.85. The quantitative estimate of drug-likeness (QED) is 0.773. The number of benzene rings is 1. The van der Waals surface area contributed by atoms with Gasteiger partial charge in [0.05, 0.1) is 5.39 Å². The summed E-state index contributed by atoms with van der Waals surface area (Å²) in [7, 11) is 0. The number of fused-ring (bicyclic) bond motifs is 1. The fourth-order valence-corrected chi connectivity index (χ4v) is 2.83. The molecular weight excluding hydrogens is 286 g/mol. The van der Waals surface area contributed by atoms with Crippen molar-refractivity contribution in [1.29, 1.82) is 0 Å². The van der Waals surface area contributed by atoms with Gasteiger partial charge in [0.15, 0.2) is 5.69 Å². The lowest BCUT2D eigenvalue weighted by molar-refractivity contribution is 0.0950. The van der Waals surface area contributed by atoms with E-state index in [-0.39, 0.29) is 17.2 Å². The molecular formula is C15H13N3O2S. The van der Waals surface area contributed by atoms with E-state index in [2.05, 4.69) is 15.5 Å². The SMILES string of the molecule is O=C(NCCc1cccs1)c1n[nH]c(=O)c2ccccc12. The smallest absolute Gasteiger partial charge is 0.272 e. The van der Waals surface area contributed by atoms with Crippen LogP contribution in [-0.2, 0) is 6.42 Å². The fraction of sp³-hybridized carbons (Fsp3) is 0.133. The standard InChI is InChI=1S/C15H13N3O2S/c19-14-12-6-2-1-5-11(12)13(17-18-14)15(20)16-8-7-10-4-3-9-21-10/h1-6,9H,7-8H2,(H,16,20)(H,18,19). The van der Waals surface area contributed by atoms with Crippen LogP contribution in [0.25, 0.3) is 10.8 Å². The Morgan fingerprint density at radius 2 is 2.00 bits per heavy atom. The van der Waals surface area contributed by atoms with Gasteiger partial charge < -0.3 is 5.32 Å². The molecule has 2 aromatic heterocycles. The zero-order valence-electron chi connectivity index (χ0n) is 11.1. The van der Waals surface area contributed by atoms with Crippen LogP contribution in [0, 0.1) is 0 Å². The van der Waals surface area contributed by atoms with Gasteiger partial charge in [0.25, 0.3) is 11.5 Å². The van der Waals surface area contributed by atoms with E-state index in [1.807, 2.05) is 17.5 Å². The van der Waals surface area contributed by atoms with Crippen molar-refractivity contribution in [2.24, 2.45) is 0 Å². The van der Waals surface area contributed by atoms with Crippen molar-refractivity contribution in [3.63, 3.8) is 0 Å². The second-order valence-electron chi connectivity index (χ2n) is 4.53. The van der Waals surface area contributed by atoms with Crippen molar-refractivity contribution in [1.82, 2.24) is 15.5 Å². The van der Waals surface area contributed by atoms with Gasteiger partial charge in [-0.1, -0.05) is 24.3 Å². The number of nitrogens with one attached hydrogen (secondary N) is 2. The summed E-state index contributed by atoms with van der Waals surface area (Å²) in [4.78, 5) is 25.1. The lowest BCUT2D eigenvalue weighted by Gasteiger charge is -2.06. The minimum atomic E-state index is -0.291. The third-order valence-corrected chi connectivity index (χ3v) is 4.08. The van der Waals surface area contributed by atoms with Gasteiger partial charge in [0.1, 0.15) is 0 Å². The molecule has 0 saturated carbocycles. The number of nitrogens with zero attached hydrogens (tertiary/aromatic N) is 1. The molecule has 2 N–H and O–H groups in total. The van der Waals surface area contributed by atoms with Crippen molar-refractivity contribution >= 4 is 28.0 Å². The lowest BCUT2D eigenvalue weighted by Crippen LogP contribution is -2.28. The van der Waals surface area contributed by atoms with Gasteiger partial charge in [-0.15, -0.1) is 11.3 Å². The highest BCUT2D eigenvalue weighted by molar-refractivity contribution is 7.09. The minimum Gasteiger partial charge on any atom is -0.350 e. The fourth-order valence-electron chi connectivity index (χ4n) is 2.13. The highest BCUT2D eigenvalue weighted by Gasteiger charge is 2.13. The first kappa shape index (κ1) is 13.5. The maximum atomic E-state index is 12.2. The van der Waals surface area contributed by atoms with Crippen molar-refractivity contribution in [3.8, 4) is 0 Å². The average Bonchev–Trinajstić information content (AvgIpc) is 3.01. The molecule has 5 nitrogen and oxygen atoms in total. The Balaban J connectivity index is 1.78. The monoisotopic (exact) mass is 299 g/mol. The lowest BCUT2D eigenvalue weighted by atomic mass is 10.1. The van der Waals surface area contributed by atoms with E-state index < -0.39 is 0 Å². The number of rotatable bonds is 4. The maximum Gasteiger partial charge on any atom is 0.272 e. The number of hydrogen-bond donors (Lipinski definition) is 2. The van der Waals surface area contributed by atoms with E-state index in [1.54, 1.807) is 35.6 Å². The van der Waals surface area contributed by atoms with Crippen molar-refractivity contribution < 1.29 is 4.79 Å². The van der Waals surface area contributed by atoms with Crippen LogP contribution in [0.3, 0.4) is 0 Å². The van der Waals surface area contributed by atoms with Gasteiger partial charge >= 0.3 is 0 Å². The van der Waals surface area contributed by atoms with Crippen molar-refractivity contribution in [2.45, 2.75) is 6.42 Å². The van der Waals surface area contributed by atoms with Gasteiger partial charge in [-0.25, -0.2) is 5.10 Å². The van der Waals surface area contributed by atoms with Gasteiger partial charge in [-0.05, 0) is 23.9 Å². The summed E-state index contributed by atoms with van der Waals surface area (Å²) in [6.45, 7) is 0.536. The Morgan fingerprint density at radius 3 is 2.76 bits per heavy atom. The van der Waals surface area contributed by atoms with E-state index in [4.69, 9.17) is 0 Å². The Kier molecular flexibility index (Phi) is 3.79. The largest absolute Gasteiger partial charge is 0.350 e. The molecule has 106 valence electrons. The molecule has 0 aliphatic heterocycles. The molecule has 0 radical (unpaired) electrons. The summed E-state index contributed by atoms with van der Waals surface area (Å²) in [5.74, 6) is -0.279. The Labute approximate surface area is 124 Å². The van der Waals surface area contributed by atoms with Crippen LogP contribution in [0.1, 0.15) is 15.4 Å². The summed E-state index contributed by atoms with van der Waals surface area (Å²) in [6.07, 6.45) is 0.782. The van der Waals surface area contributed by atoms with E-state index >= 15 is 0 Å². The number of hydrogen-bond acceptors (Lipinski definition) is 4. The molecule has 0 bridgehead atoms. The number of aromatic amines is 1. The normalized spacial score (nSPS) is 10.7. The molecule has 3 rings (SSSR count). The Hall–Kier alpha value is -2.47. The predicted molar refractivity (Wildman–Crippen MR) is 82.7 cm³/mol. The van der Waals surface area contributed by atoms with Crippen LogP contribution >= 0.6 is 11.3 Å². The van der Waals surface area contributed by atoms with Crippen molar-refractivity contribution in [2.75, 3.05) is 6.54 Å². The Morgan fingerprint density at radius 1 is 1.19 bits per heavy atom. The summed E-state index contributed by atoms with van der Waals surface area (Å²) >= 11 is 1.66. The highest BCUT2D eigenvalue weighted by atomic mass is 32.1. The molecule has 6 heteroatoms. The zero-order valence-corrected chi connectivity index (χ0v) is 11.9. The first-order valence-electron chi connectivity index (χ1n) is 6.54. The number of thiophene rings is 1. The number of carbonyl (C=O) groups is 1. The first-order chi connectivity index (χ1) is 10.3. The molecule has 0 unspecified atom stereocenters. The van der Waals surface area contributed by atoms with Gasteiger partial charge in [0, 0.05) is 16.8 Å². The maximum absolute atomic E-state index is 12.2. The van der Waals surface area contributed by atoms with Gasteiger partial charge in [0.2, 0.25) is 0 Å². The van der Waals surface area contributed by atoms with E-state index in [0.717, 1.165) is 6.42 Å². The molecule has 0 aliphatic carbocycles. The molecule has 1 aromatic carbocycles. The average molecular weight is 299 g/mol. The van der Waals surface area contributed by atoms with E-state index in [0.29, 0.717) is 17.3 Å². The molecule has 3 aromatic rings. The van der Waals surface area contributed by atoms with Crippen LogP contribution in [0.5, 0.6) is 0 Å². The van der Waals surface area contributed by atoms with Crippen LogP contribution < -0.4 is 10.9 Å². The van der Waals surface area contributed by atoms with Crippen LogP contribution in [0.2, 0.25) is 0 Å². The van der Waals surface area contributed by atoms with Crippen LogP contribution in [0.4, 0.5) is 0 Å². The molecule has 2 heterocycles. The zero-order chi connectivity index (χ0) is 14.7. The second kappa shape index (κ2) is 5.88. The Bertz CT molecular complexity index is 824. The molecule has 0 aliphatic rings. The van der Waals surface area contributed by atoms with Crippen molar-refractivity contribution in [3.05, 3.63) is 62.7 Å². The van der Waals surface area contributed by atoms with Gasteiger partial charge in [-0.3, -0.25) is 9.59 Å². The molecule has 1 amide bonds. The first-order valence-corrected chi connectivity index (χ1v) is 7.41. The minimum absolute atomic E-state index is 0.247. The van der Waals surface area contributed by atoms with E-state index in [9.17, 15) is 9.59 Å². The molecule has 0 atom stereocenters. The molecule has 0 saturated heterocycles. The summed E-state index contributed by atoms with van der Waals surface area (Å²) < 4.78 is 0. The number of amides is 1. The summed E-state index contributed by atoms with van der Waals surface area (Å²) in [5, 5.41) is 12.1. The third-order valence-electron chi connectivity index (χ3n) is 3.15. The molecule has 0 spiro atoms.